The van der Waals surface area contributed by atoms with Crippen LogP contribution in [0.25, 0.3) is 11.4 Å². The lowest BCUT2D eigenvalue weighted by Gasteiger charge is -2.09. The Hall–Kier alpha value is -2.05. The molecule has 21 heavy (non-hydrogen) atoms. The Bertz CT molecular complexity index is 678. The Balaban J connectivity index is 2.08. The van der Waals surface area contributed by atoms with Gasteiger partial charge in [0.1, 0.15) is 5.15 Å². The summed E-state index contributed by atoms with van der Waals surface area (Å²) in [5, 5.41) is 0.351. The van der Waals surface area contributed by atoms with Gasteiger partial charge in [0, 0.05) is 12.7 Å². The quantitative estimate of drug-likeness (QED) is 0.809. The van der Waals surface area contributed by atoms with Gasteiger partial charge in [-0.05, 0) is 18.2 Å². The van der Waals surface area contributed by atoms with Crippen molar-refractivity contribution in [2.24, 2.45) is 0 Å². The number of benzene rings is 1. The van der Waals surface area contributed by atoms with Gasteiger partial charge in [-0.25, -0.2) is 9.97 Å². The first-order valence-corrected chi connectivity index (χ1v) is 6.59. The van der Waals surface area contributed by atoms with Crippen LogP contribution in [0.4, 0.5) is 0 Å². The second-order valence-corrected chi connectivity index (χ2v) is 4.74. The smallest absolute Gasteiger partial charge is 0.231 e. The van der Waals surface area contributed by atoms with Crippen molar-refractivity contribution in [3.05, 3.63) is 29.0 Å². The van der Waals surface area contributed by atoms with Crippen molar-refractivity contribution < 1.29 is 18.9 Å². The Labute approximate surface area is 126 Å². The molecule has 3 rings (SSSR count). The number of methoxy groups -OCH3 is 2. The maximum absolute atomic E-state index is 6.03. The molecule has 1 aromatic heterocycles. The van der Waals surface area contributed by atoms with Crippen molar-refractivity contribution in [3.63, 3.8) is 0 Å². The first kappa shape index (κ1) is 13.9. The van der Waals surface area contributed by atoms with Crippen LogP contribution in [0.5, 0.6) is 17.2 Å². The number of ether oxygens (including phenoxy) is 4. The van der Waals surface area contributed by atoms with E-state index in [9.17, 15) is 0 Å². The molecule has 0 atom stereocenters. The first-order valence-electron chi connectivity index (χ1n) is 6.21. The first-order chi connectivity index (χ1) is 10.2. The summed E-state index contributed by atoms with van der Waals surface area (Å²) in [6.45, 7) is 0.525. The highest BCUT2D eigenvalue weighted by molar-refractivity contribution is 6.29. The van der Waals surface area contributed by atoms with Crippen molar-refractivity contribution >= 4 is 11.6 Å². The van der Waals surface area contributed by atoms with Crippen LogP contribution in [0.2, 0.25) is 5.15 Å². The number of rotatable bonds is 4. The molecular weight excluding hydrogens is 296 g/mol. The summed E-state index contributed by atoms with van der Waals surface area (Å²) in [7, 11) is 3.16. The molecule has 110 valence electrons. The van der Waals surface area contributed by atoms with Crippen LogP contribution in [-0.2, 0) is 11.3 Å². The summed E-state index contributed by atoms with van der Waals surface area (Å²) in [6.07, 6.45) is 0. The lowest BCUT2D eigenvalue weighted by Crippen LogP contribution is -1.98. The molecule has 0 aliphatic carbocycles. The van der Waals surface area contributed by atoms with E-state index in [0.717, 1.165) is 5.56 Å². The van der Waals surface area contributed by atoms with E-state index in [1.165, 1.54) is 0 Å². The molecule has 6 nitrogen and oxygen atoms in total. The Kier molecular flexibility index (Phi) is 3.81. The van der Waals surface area contributed by atoms with Gasteiger partial charge in [0.15, 0.2) is 17.3 Å². The molecule has 0 saturated heterocycles. The van der Waals surface area contributed by atoms with Gasteiger partial charge in [-0.15, -0.1) is 0 Å². The minimum absolute atomic E-state index is 0.167. The summed E-state index contributed by atoms with van der Waals surface area (Å²) in [6, 6.07) is 5.25. The highest BCUT2D eigenvalue weighted by Gasteiger charge is 2.21. The van der Waals surface area contributed by atoms with Crippen LogP contribution in [0, 0.1) is 0 Å². The number of fused-ring (bicyclic) bond motifs is 1. The number of nitrogens with zero attached hydrogens (tertiary/aromatic N) is 2. The molecule has 0 radical (unpaired) electrons. The fraction of sp³-hybridized carbons (Fsp3) is 0.286. The monoisotopic (exact) mass is 308 g/mol. The molecule has 0 amide bonds. The zero-order valence-corrected chi connectivity index (χ0v) is 12.3. The number of halogens is 1. The Morgan fingerprint density at radius 2 is 2.05 bits per heavy atom. The van der Waals surface area contributed by atoms with E-state index in [4.69, 9.17) is 30.5 Å². The number of aromatic nitrogens is 2. The fourth-order valence-electron chi connectivity index (χ4n) is 2.07. The zero-order chi connectivity index (χ0) is 14.8. The van der Waals surface area contributed by atoms with E-state index in [1.54, 1.807) is 32.4 Å². The molecule has 7 heteroatoms. The third kappa shape index (κ3) is 2.72. The Morgan fingerprint density at radius 1 is 1.19 bits per heavy atom. The summed E-state index contributed by atoms with van der Waals surface area (Å²) in [5.74, 6) is 2.23. The highest BCUT2D eigenvalue weighted by Crippen LogP contribution is 2.43. The van der Waals surface area contributed by atoms with Crippen molar-refractivity contribution in [1.82, 2.24) is 9.97 Å². The third-order valence-electron chi connectivity index (χ3n) is 2.96. The van der Waals surface area contributed by atoms with E-state index in [0.29, 0.717) is 40.5 Å². The molecule has 0 spiro atoms. The van der Waals surface area contributed by atoms with Gasteiger partial charge in [0.25, 0.3) is 0 Å². The van der Waals surface area contributed by atoms with Crippen LogP contribution < -0.4 is 14.2 Å². The molecule has 1 aromatic carbocycles. The van der Waals surface area contributed by atoms with Gasteiger partial charge < -0.3 is 18.9 Å². The molecule has 2 aromatic rings. The molecule has 1 aliphatic rings. The summed E-state index contributed by atoms with van der Waals surface area (Å²) in [5.41, 5.74) is 1.43. The molecule has 0 saturated carbocycles. The van der Waals surface area contributed by atoms with Crippen molar-refractivity contribution in [1.29, 1.82) is 0 Å². The minimum atomic E-state index is 0.167. The zero-order valence-electron chi connectivity index (χ0n) is 11.6. The van der Waals surface area contributed by atoms with E-state index in [-0.39, 0.29) is 6.79 Å². The van der Waals surface area contributed by atoms with Gasteiger partial charge in [-0.2, -0.15) is 0 Å². The van der Waals surface area contributed by atoms with Crippen LogP contribution in [0.1, 0.15) is 5.69 Å². The standard InChI is InChI=1S/C14H13ClN2O4/c1-18-6-9-5-12(15)17-14(16-9)8-3-10(19-2)13-11(4-8)20-7-21-13/h3-5H,6-7H2,1-2H3. The second kappa shape index (κ2) is 5.75. The Morgan fingerprint density at radius 3 is 2.81 bits per heavy atom. The molecule has 0 unspecified atom stereocenters. The lowest BCUT2D eigenvalue weighted by molar-refractivity contribution is 0.171. The maximum Gasteiger partial charge on any atom is 0.231 e. The van der Waals surface area contributed by atoms with Crippen LogP contribution >= 0.6 is 11.6 Å². The maximum atomic E-state index is 6.03. The fourth-order valence-corrected chi connectivity index (χ4v) is 2.28. The van der Waals surface area contributed by atoms with Gasteiger partial charge in [0.2, 0.25) is 12.5 Å². The van der Waals surface area contributed by atoms with Crippen molar-refractivity contribution in [3.8, 4) is 28.6 Å². The van der Waals surface area contributed by atoms with E-state index in [2.05, 4.69) is 9.97 Å². The second-order valence-electron chi connectivity index (χ2n) is 4.35. The van der Waals surface area contributed by atoms with Gasteiger partial charge in [-0.3, -0.25) is 0 Å². The number of hydrogen-bond donors (Lipinski definition) is 0. The molecule has 0 N–H and O–H groups in total. The lowest BCUT2D eigenvalue weighted by atomic mass is 10.1. The van der Waals surface area contributed by atoms with E-state index < -0.39 is 0 Å². The van der Waals surface area contributed by atoms with Crippen LogP contribution in [-0.4, -0.2) is 31.0 Å². The summed E-state index contributed by atoms with van der Waals surface area (Å²) >= 11 is 6.03. The van der Waals surface area contributed by atoms with E-state index in [1.807, 2.05) is 0 Å². The molecular formula is C14H13ClN2O4. The largest absolute Gasteiger partial charge is 0.493 e. The summed E-state index contributed by atoms with van der Waals surface area (Å²) in [4.78, 5) is 8.66. The van der Waals surface area contributed by atoms with Gasteiger partial charge >= 0.3 is 0 Å². The topological polar surface area (TPSA) is 62.7 Å². The predicted molar refractivity (Wildman–Crippen MR) is 75.9 cm³/mol. The normalized spacial score (nSPS) is 12.5. The molecule has 0 bridgehead atoms. The van der Waals surface area contributed by atoms with Crippen LogP contribution in [0.3, 0.4) is 0 Å². The minimum Gasteiger partial charge on any atom is -0.493 e. The van der Waals surface area contributed by atoms with Gasteiger partial charge in [-0.1, -0.05) is 11.6 Å². The summed E-state index contributed by atoms with van der Waals surface area (Å²) < 4.78 is 21.1. The highest BCUT2D eigenvalue weighted by atomic mass is 35.5. The van der Waals surface area contributed by atoms with Crippen molar-refractivity contribution in [2.45, 2.75) is 6.61 Å². The average molecular weight is 309 g/mol. The average Bonchev–Trinajstić information content (AvgIpc) is 2.94. The SMILES string of the molecule is COCc1cc(Cl)nc(-c2cc(OC)c3c(c2)OCO3)n1. The van der Waals surface area contributed by atoms with Crippen molar-refractivity contribution in [2.75, 3.05) is 21.0 Å². The van der Waals surface area contributed by atoms with Crippen LogP contribution in [0.15, 0.2) is 18.2 Å². The molecule has 2 heterocycles. The van der Waals surface area contributed by atoms with E-state index >= 15 is 0 Å². The molecule has 1 aliphatic heterocycles. The molecule has 0 fully saturated rings. The predicted octanol–water partition coefficient (Wildman–Crippen LogP) is 2.68. The number of hydrogen-bond acceptors (Lipinski definition) is 6. The van der Waals surface area contributed by atoms with Gasteiger partial charge in [0.05, 0.1) is 19.4 Å². The third-order valence-corrected chi connectivity index (χ3v) is 3.15.